The van der Waals surface area contributed by atoms with Gasteiger partial charge in [-0.25, -0.2) is 0 Å². The number of rotatable bonds is 7. The van der Waals surface area contributed by atoms with Gasteiger partial charge in [-0.1, -0.05) is 13.8 Å². The lowest BCUT2D eigenvalue weighted by molar-refractivity contribution is -0.141. The van der Waals surface area contributed by atoms with Crippen LogP contribution in [0.2, 0.25) is 0 Å². The van der Waals surface area contributed by atoms with Gasteiger partial charge in [-0.05, 0) is 26.2 Å². The Morgan fingerprint density at radius 1 is 1.12 bits per heavy atom. The number of carboxylic acids is 1. The maximum absolute atomic E-state index is 11.8. The standard InChI is InChI=1S/C12H23NO3/c1-9(2)7-8-13(10(3)4)11(14)5-6-12(15)16/h9-10H,5-8H2,1-4H3,(H,15,16). The molecule has 0 radical (unpaired) electrons. The van der Waals surface area contributed by atoms with Crippen molar-refractivity contribution < 1.29 is 14.7 Å². The van der Waals surface area contributed by atoms with Gasteiger partial charge < -0.3 is 10.0 Å². The van der Waals surface area contributed by atoms with Crippen LogP contribution in [0.3, 0.4) is 0 Å². The number of aliphatic carboxylic acids is 1. The molecule has 4 nitrogen and oxygen atoms in total. The average Bonchev–Trinajstić information content (AvgIpc) is 2.13. The minimum absolute atomic E-state index is 0.0574. The minimum Gasteiger partial charge on any atom is -0.481 e. The lowest BCUT2D eigenvalue weighted by atomic mass is 10.1. The third-order valence-corrected chi connectivity index (χ3v) is 2.44. The summed E-state index contributed by atoms with van der Waals surface area (Å²) in [6.07, 6.45) is 0.979. The molecule has 0 saturated carbocycles. The maximum Gasteiger partial charge on any atom is 0.303 e. The van der Waals surface area contributed by atoms with Crippen LogP contribution in [0.15, 0.2) is 0 Å². The van der Waals surface area contributed by atoms with Crippen molar-refractivity contribution in [3.63, 3.8) is 0 Å². The Labute approximate surface area is 97.6 Å². The molecule has 0 atom stereocenters. The first kappa shape index (κ1) is 14.9. The molecule has 0 aliphatic rings. The van der Waals surface area contributed by atoms with Crippen LogP contribution < -0.4 is 0 Å². The third-order valence-electron chi connectivity index (χ3n) is 2.44. The van der Waals surface area contributed by atoms with Gasteiger partial charge in [0.25, 0.3) is 0 Å². The molecule has 0 rings (SSSR count). The number of carbonyl (C=O) groups excluding carboxylic acids is 1. The molecule has 0 bridgehead atoms. The highest BCUT2D eigenvalue weighted by Gasteiger charge is 2.17. The molecule has 4 heteroatoms. The van der Waals surface area contributed by atoms with E-state index in [1.54, 1.807) is 4.90 Å². The highest BCUT2D eigenvalue weighted by molar-refractivity contribution is 5.80. The SMILES string of the molecule is CC(C)CCN(C(=O)CCC(=O)O)C(C)C. The lowest BCUT2D eigenvalue weighted by Gasteiger charge is -2.27. The van der Waals surface area contributed by atoms with E-state index < -0.39 is 5.97 Å². The van der Waals surface area contributed by atoms with Gasteiger partial charge in [0.15, 0.2) is 0 Å². The molecule has 0 aliphatic heterocycles. The lowest BCUT2D eigenvalue weighted by Crippen LogP contribution is -2.38. The summed E-state index contributed by atoms with van der Waals surface area (Å²) in [6.45, 7) is 8.85. The molecule has 0 heterocycles. The van der Waals surface area contributed by atoms with Crippen LogP contribution in [0.25, 0.3) is 0 Å². The van der Waals surface area contributed by atoms with Crippen LogP contribution in [0.1, 0.15) is 47.0 Å². The number of nitrogens with zero attached hydrogens (tertiary/aromatic N) is 1. The van der Waals surface area contributed by atoms with Gasteiger partial charge in [0.1, 0.15) is 0 Å². The Bertz CT molecular complexity index is 236. The van der Waals surface area contributed by atoms with E-state index in [0.717, 1.165) is 6.42 Å². The molecule has 0 aliphatic carbocycles. The zero-order chi connectivity index (χ0) is 12.7. The van der Waals surface area contributed by atoms with E-state index in [2.05, 4.69) is 13.8 Å². The third kappa shape index (κ3) is 6.43. The molecule has 0 aromatic heterocycles. The van der Waals surface area contributed by atoms with Crippen LogP contribution in [0.4, 0.5) is 0 Å². The zero-order valence-corrected chi connectivity index (χ0v) is 10.7. The van der Waals surface area contributed by atoms with Gasteiger partial charge in [0, 0.05) is 19.0 Å². The smallest absolute Gasteiger partial charge is 0.303 e. The van der Waals surface area contributed by atoms with Crippen molar-refractivity contribution in [1.29, 1.82) is 0 Å². The molecular weight excluding hydrogens is 206 g/mol. The Morgan fingerprint density at radius 3 is 2.06 bits per heavy atom. The summed E-state index contributed by atoms with van der Waals surface area (Å²) in [6, 6.07) is 0.139. The Hall–Kier alpha value is -1.06. The van der Waals surface area contributed by atoms with E-state index in [1.807, 2.05) is 13.8 Å². The Morgan fingerprint density at radius 2 is 1.69 bits per heavy atom. The summed E-state index contributed by atoms with van der Waals surface area (Å²) in [5.41, 5.74) is 0. The second kappa shape index (κ2) is 7.25. The first-order chi connectivity index (χ1) is 7.34. The normalized spacial score (nSPS) is 10.9. The molecular formula is C12H23NO3. The van der Waals surface area contributed by atoms with Crippen molar-refractivity contribution in [2.24, 2.45) is 5.92 Å². The van der Waals surface area contributed by atoms with Crippen molar-refractivity contribution in [3.8, 4) is 0 Å². The predicted molar refractivity (Wildman–Crippen MR) is 63.2 cm³/mol. The van der Waals surface area contributed by atoms with Gasteiger partial charge in [-0.15, -0.1) is 0 Å². The van der Waals surface area contributed by atoms with E-state index in [1.165, 1.54) is 0 Å². The van der Waals surface area contributed by atoms with Crippen LogP contribution >= 0.6 is 0 Å². The number of amides is 1. The van der Waals surface area contributed by atoms with Crippen molar-refractivity contribution in [2.45, 2.75) is 53.0 Å². The van der Waals surface area contributed by atoms with Crippen molar-refractivity contribution in [1.82, 2.24) is 4.90 Å². The fourth-order valence-corrected chi connectivity index (χ4v) is 1.43. The maximum atomic E-state index is 11.8. The highest BCUT2D eigenvalue weighted by Crippen LogP contribution is 2.08. The summed E-state index contributed by atoms with van der Waals surface area (Å²) in [5, 5.41) is 8.53. The monoisotopic (exact) mass is 229 g/mol. The van der Waals surface area contributed by atoms with Gasteiger partial charge in [-0.3, -0.25) is 9.59 Å². The fourth-order valence-electron chi connectivity index (χ4n) is 1.43. The van der Waals surface area contributed by atoms with Gasteiger partial charge in [-0.2, -0.15) is 0 Å². The van der Waals surface area contributed by atoms with E-state index in [4.69, 9.17) is 5.11 Å². The summed E-state index contributed by atoms with van der Waals surface area (Å²) in [5.74, 6) is -0.424. The molecule has 1 N–H and O–H groups in total. The van der Waals surface area contributed by atoms with Crippen molar-refractivity contribution in [2.75, 3.05) is 6.54 Å². The first-order valence-corrected chi connectivity index (χ1v) is 5.85. The Balaban J connectivity index is 4.19. The molecule has 0 saturated heterocycles. The summed E-state index contributed by atoms with van der Waals surface area (Å²) >= 11 is 0. The largest absolute Gasteiger partial charge is 0.481 e. The topological polar surface area (TPSA) is 57.6 Å². The zero-order valence-electron chi connectivity index (χ0n) is 10.7. The van der Waals surface area contributed by atoms with Crippen molar-refractivity contribution >= 4 is 11.9 Å². The van der Waals surface area contributed by atoms with Crippen LogP contribution in [-0.4, -0.2) is 34.5 Å². The fraction of sp³-hybridized carbons (Fsp3) is 0.833. The summed E-state index contributed by atoms with van der Waals surface area (Å²) < 4.78 is 0. The highest BCUT2D eigenvalue weighted by atomic mass is 16.4. The second-order valence-electron chi connectivity index (χ2n) is 4.76. The number of hydrogen-bond donors (Lipinski definition) is 1. The molecule has 0 fully saturated rings. The average molecular weight is 229 g/mol. The molecule has 94 valence electrons. The van der Waals surface area contributed by atoms with Crippen LogP contribution in [-0.2, 0) is 9.59 Å². The quantitative estimate of drug-likeness (QED) is 0.727. The van der Waals surface area contributed by atoms with Gasteiger partial charge in [0.05, 0.1) is 6.42 Å². The summed E-state index contributed by atoms with van der Waals surface area (Å²) in [7, 11) is 0. The second-order valence-corrected chi connectivity index (χ2v) is 4.76. The number of carboxylic acid groups (broad SMARTS) is 1. The van der Waals surface area contributed by atoms with Crippen molar-refractivity contribution in [3.05, 3.63) is 0 Å². The predicted octanol–water partition coefficient (Wildman–Crippen LogP) is 2.13. The van der Waals surface area contributed by atoms with Gasteiger partial charge >= 0.3 is 5.97 Å². The minimum atomic E-state index is -0.916. The van der Waals surface area contributed by atoms with E-state index in [0.29, 0.717) is 12.5 Å². The van der Waals surface area contributed by atoms with Gasteiger partial charge in [0.2, 0.25) is 5.91 Å². The molecule has 0 aromatic carbocycles. The molecule has 0 unspecified atom stereocenters. The van der Waals surface area contributed by atoms with E-state index in [9.17, 15) is 9.59 Å². The van der Waals surface area contributed by atoms with E-state index in [-0.39, 0.29) is 24.8 Å². The summed E-state index contributed by atoms with van der Waals surface area (Å²) in [4.78, 5) is 23.9. The first-order valence-electron chi connectivity index (χ1n) is 5.85. The number of carbonyl (C=O) groups is 2. The van der Waals surface area contributed by atoms with E-state index >= 15 is 0 Å². The molecule has 0 aromatic rings. The molecule has 0 spiro atoms. The van der Waals surface area contributed by atoms with Crippen LogP contribution in [0.5, 0.6) is 0 Å². The number of hydrogen-bond acceptors (Lipinski definition) is 2. The molecule has 1 amide bonds. The molecule has 16 heavy (non-hydrogen) atoms. The Kier molecular flexibility index (Phi) is 6.77. The van der Waals surface area contributed by atoms with Crippen LogP contribution in [0, 0.1) is 5.92 Å².